The van der Waals surface area contributed by atoms with Crippen molar-refractivity contribution in [3.8, 4) is 0 Å². The highest BCUT2D eigenvalue weighted by atomic mass is 79.9. The molecule has 0 unspecified atom stereocenters. The van der Waals surface area contributed by atoms with Crippen molar-refractivity contribution < 1.29 is 14.0 Å². The average molecular weight is 326 g/mol. The second kappa shape index (κ2) is 6.10. The van der Waals surface area contributed by atoms with Gasteiger partial charge in [-0.05, 0) is 24.3 Å². The molecule has 0 saturated carbocycles. The summed E-state index contributed by atoms with van der Waals surface area (Å²) < 4.78 is 14.2. The van der Waals surface area contributed by atoms with Crippen molar-refractivity contribution in [3.05, 3.63) is 40.1 Å². The third-order valence-corrected chi connectivity index (χ3v) is 3.49. The summed E-state index contributed by atoms with van der Waals surface area (Å²) in [5, 5.41) is 0. The van der Waals surface area contributed by atoms with Gasteiger partial charge in [-0.2, -0.15) is 0 Å². The van der Waals surface area contributed by atoms with Gasteiger partial charge in [0.1, 0.15) is 11.6 Å². The van der Waals surface area contributed by atoms with Gasteiger partial charge in [0.25, 0.3) is 0 Å². The molecule has 2 rings (SSSR count). The average Bonchev–Trinajstić information content (AvgIpc) is 2.40. The molecule has 0 atom stereocenters. The first-order valence-electron chi connectivity index (χ1n) is 6.00. The maximum absolute atomic E-state index is 13.5. The van der Waals surface area contributed by atoms with E-state index in [4.69, 9.17) is 0 Å². The zero-order chi connectivity index (χ0) is 13.8. The van der Waals surface area contributed by atoms with Gasteiger partial charge in [0.2, 0.25) is 5.91 Å². The number of nitrogens with zero attached hydrogens (tertiary/aromatic N) is 1. The van der Waals surface area contributed by atoms with Crippen LogP contribution in [-0.2, 0) is 9.59 Å². The second-order valence-electron chi connectivity index (χ2n) is 4.36. The van der Waals surface area contributed by atoms with Crippen molar-refractivity contribution in [2.24, 2.45) is 0 Å². The Bertz CT molecular complexity index is 532. The number of halogens is 2. The highest BCUT2D eigenvalue weighted by molar-refractivity contribution is 9.10. The Kier molecular flexibility index (Phi) is 4.47. The third kappa shape index (κ3) is 3.73. The highest BCUT2D eigenvalue weighted by Crippen LogP contribution is 2.17. The number of carbonyl (C=O) groups is 2. The zero-order valence-electron chi connectivity index (χ0n) is 10.2. The Morgan fingerprint density at radius 3 is 2.68 bits per heavy atom. The molecule has 1 aromatic carbocycles. The van der Waals surface area contributed by atoms with Crippen molar-refractivity contribution in [1.29, 1.82) is 0 Å². The molecule has 1 aliphatic heterocycles. The molecule has 0 N–H and O–H groups in total. The number of piperidine rings is 1. The first kappa shape index (κ1) is 13.9. The molecule has 0 aliphatic carbocycles. The van der Waals surface area contributed by atoms with Crippen LogP contribution >= 0.6 is 15.9 Å². The Morgan fingerprint density at radius 1 is 1.32 bits per heavy atom. The van der Waals surface area contributed by atoms with Gasteiger partial charge in [0.05, 0.1) is 0 Å². The smallest absolute Gasteiger partial charge is 0.246 e. The molecule has 0 spiro atoms. The number of carbonyl (C=O) groups excluding carboxylic acids is 2. The van der Waals surface area contributed by atoms with Crippen LogP contribution in [0.1, 0.15) is 18.4 Å². The van der Waals surface area contributed by atoms with E-state index in [1.54, 1.807) is 17.0 Å². The van der Waals surface area contributed by atoms with E-state index in [0.29, 0.717) is 31.5 Å². The normalized spacial score (nSPS) is 16.1. The lowest BCUT2D eigenvalue weighted by molar-refractivity contribution is -0.130. The molecular formula is C14H13BrFNO2. The summed E-state index contributed by atoms with van der Waals surface area (Å²) in [7, 11) is 0. The molecule has 0 aromatic heterocycles. The van der Waals surface area contributed by atoms with Crippen LogP contribution in [0.5, 0.6) is 0 Å². The third-order valence-electron chi connectivity index (χ3n) is 3.00. The molecule has 1 aromatic rings. The van der Waals surface area contributed by atoms with Gasteiger partial charge in [0, 0.05) is 42.0 Å². The van der Waals surface area contributed by atoms with E-state index in [1.807, 2.05) is 0 Å². The lowest BCUT2D eigenvalue weighted by Gasteiger charge is -2.24. The monoisotopic (exact) mass is 325 g/mol. The number of benzene rings is 1. The summed E-state index contributed by atoms with van der Waals surface area (Å²) in [5.74, 6) is -0.376. The molecule has 100 valence electrons. The van der Waals surface area contributed by atoms with Crippen molar-refractivity contribution in [3.63, 3.8) is 0 Å². The van der Waals surface area contributed by atoms with E-state index in [9.17, 15) is 14.0 Å². The van der Waals surface area contributed by atoms with Crippen molar-refractivity contribution >= 4 is 33.7 Å². The van der Waals surface area contributed by atoms with E-state index in [0.717, 1.165) is 4.47 Å². The number of ketones is 1. The minimum Gasteiger partial charge on any atom is -0.338 e. The molecule has 1 aliphatic rings. The van der Waals surface area contributed by atoms with Gasteiger partial charge in [-0.25, -0.2) is 4.39 Å². The molecule has 1 fully saturated rings. The predicted molar refractivity (Wildman–Crippen MR) is 74.0 cm³/mol. The van der Waals surface area contributed by atoms with Crippen molar-refractivity contribution in [1.82, 2.24) is 4.90 Å². The van der Waals surface area contributed by atoms with Crippen molar-refractivity contribution in [2.45, 2.75) is 12.8 Å². The molecule has 1 heterocycles. The number of hydrogen-bond donors (Lipinski definition) is 0. The summed E-state index contributed by atoms with van der Waals surface area (Å²) >= 11 is 3.25. The first-order chi connectivity index (χ1) is 9.06. The van der Waals surface area contributed by atoms with Gasteiger partial charge in [-0.15, -0.1) is 0 Å². The maximum atomic E-state index is 13.5. The number of amides is 1. The van der Waals surface area contributed by atoms with E-state index in [1.165, 1.54) is 18.2 Å². The Hall–Kier alpha value is -1.49. The van der Waals surface area contributed by atoms with Gasteiger partial charge < -0.3 is 4.90 Å². The minimum atomic E-state index is -0.374. The number of hydrogen-bond acceptors (Lipinski definition) is 2. The fraction of sp³-hybridized carbons (Fsp3) is 0.286. The number of rotatable bonds is 2. The quantitative estimate of drug-likeness (QED) is 0.784. The van der Waals surface area contributed by atoms with Gasteiger partial charge >= 0.3 is 0 Å². The van der Waals surface area contributed by atoms with Crippen LogP contribution in [0.15, 0.2) is 28.7 Å². The summed E-state index contributed by atoms with van der Waals surface area (Å²) in [6.45, 7) is 0.895. The maximum Gasteiger partial charge on any atom is 0.246 e. The summed E-state index contributed by atoms with van der Waals surface area (Å²) in [6, 6.07) is 4.55. The lowest BCUT2D eigenvalue weighted by atomic mass is 10.1. The zero-order valence-corrected chi connectivity index (χ0v) is 11.8. The van der Waals surface area contributed by atoms with Crippen molar-refractivity contribution in [2.75, 3.05) is 13.1 Å². The van der Waals surface area contributed by atoms with Crippen LogP contribution in [0.2, 0.25) is 0 Å². The van der Waals surface area contributed by atoms with Gasteiger partial charge in [-0.1, -0.05) is 15.9 Å². The molecule has 0 radical (unpaired) electrons. The summed E-state index contributed by atoms with van der Waals surface area (Å²) in [5.41, 5.74) is 0.357. The van der Waals surface area contributed by atoms with E-state index < -0.39 is 0 Å². The molecule has 5 heteroatoms. The van der Waals surface area contributed by atoms with Gasteiger partial charge in [-0.3, -0.25) is 9.59 Å². The Balaban J connectivity index is 2.03. The topological polar surface area (TPSA) is 37.4 Å². The van der Waals surface area contributed by atoms with Crippen LogP contribution in [0, 0.1) is 5.82 Å². The molecule has 1 saturated heterocycles. The Morgan fingerprint density at radius 2 is 2.00 bits per heavy atom. The van der Waals surface area contributed by atoms with Crippen LogP contribution in [0.3, 0.4) is 0 Å². The van der Waals surface area contributed by atoms with E-state index in [-0.39, 0.29) is 17.5 Å². The highest BCUT2D eigenvalue weighted by Gasteiger charge is 2.18. The number of Topliss-reactive ketones (excluding diaryl/α,β-unsaturated/α-hetero) is 1. The van der Waals surface area contributed by atoms with Crippen LogP contribution in [0.4, 0.5) is 4.39 Å². The largest absolute Gasteiger partial charge is 0.338 e. The predicted octanol–water partition coefficient (Wildman–Crippen LogP) is 2.79. The van der Waals surface area contributed by atoms with Crippen LogP contribution in [0.25, 0.3) is 6.08 Å². The van der Waals surface area contributed by atoms with Crippen LogP contribution in [-0.4, -0.2) is 29.7 Å². The minimum absolute atomic E-state index is 0.186. The fourth-order valence-electron chi connectivity index (χ4n) is 1.89. The molecular weight excluding hydrogens is 313 g/mol. The van der Waals surface area contributed by atoms with E-state index in [2.05, 4.69) is 15.9 Å². The molecule has 1 amide bonds. The first-order valence-corrected chi connectivity index (χ1v) is 6.79. The Labute approximate surface area is 119 Å². The summed E-state index contributed by atoms with van der Waals surface area (Å²) in [6.07, 6.45) is 3.62. The van der Waals surface area contributed by atoms with Gasteiger partial charge in [0.15, 0.2) is 0 Å². The fourth-order valence-corrected chi connectivity index (χ4v) is 2.26. The molecule has 0 bridgehead atoms. The lowest BCUT2D eigenvalue weighted by Crippen LogP contribution is -2.37. The molecule has 19 heavy (non-hydrogen) atoms. The van der Waals surface area contributed by atoms with Crippen LogP contribution < -0.4 is 0 Å². The second-order valence-corrected chi connectivity index (χ2v) is 5.28. The summed E-state index contributed by atoms with van der Waals surface area (Å²) in [4.78, 5) is 24.6. The molecule has 3 nitrogen and oxygen atoms in total. The van der Waals surface area contributed by atoms with E-state index >= 15 is 0 Å². The standard InChI is InChI=1S/C14H13BrFNO2/c15-11-2-3-13(16)10(9-11)1-4-14(19)17-7-5-12(18)6-8-17/h1-4,9H,5-8H2/b4-1+. The SMILES string of the molecule is O=C1CCN(C(=O)/C=C/c2cc(Br)ccc2F)CC1. The number of likely N-dealkylation sites (tertiary alicyclic amines) is 1.